The monoisotopic (exact) mass is 197 g/mol. The van der Waals surface area contributed by atoms with Gasteiger partial charge in [-0.05, 0) is 18.1 Å². The molecule has 1 aromatic carbocycles. The van der Waals surface area contributed by atoms with Crippen LogP contribution in [0.1, 0.15) is 12.5 Å². The molecular formula is C10H12FNO2. The molecule has 0 aliphatic rings. The maximum Gasteiger partial charge on any atom is 0.216 e. The maximum atomic E-state index is 12.6. The van der Waals surface area contributed by atoms with Crippen molar-refractivity contribution in [3.63, 3.8) is 0 Å². The lowest BCUT2D eigenvalue weighted by Gasteiger charge is -2.04. The highest BCUT2D eigenvalue weighted by atomic mass is 19.1. The average Bonchev–Trinajstić information content (AvgIpc) is 2.08. The number of carbonyl (C=O) groups is 1. The number of rotatable bonds is 3. The minimum Gasteiger partial charge on any atom is -0.508 e. The maximum absolute atomic E-state index is 12.6. The van der Waals surface area contributed by atoms with Crippen molar-refractivity contribution >= 4 is 5.91 Å². The predicted molar refractivity (Wildman–Crippen MR) is 50.5 cm³/mol. The Bertz CT molecular complexity index is 339. The first kappa shape index (κ1) is 10.5. The Labute approximate surface area is 81.6 Å². The molecule has 1 rings (SSSR count). The number of hydrogen-bond donors (Lipinski definition) is 2. The van der Waals surface area contributed by atoms with E-state index in [0.29, 0.717) is 18.5 Å². The lowest BCUT2D eigenvalue weighted by molar-refractivity contribution is -0.118. The van der Waals surface area contributed by atoms with E-state index < -0.39 is 5.82 Å². The van der Waals surface area contributed by atoms with Crippen molar-refractivity contribution in [3.05, 3.63) is 29.6 Å². The van der Waals surface area contributed by atoms with Gasteiger partial charge in [0, 0.05) is 19.5 Å². The molecule has 3 nitrogen and oxygen atoms in total. The number of nitrogens with one attached hydrogen (secondary N) is 1. The van der Waals surface area contributed by atoms with E-state index in [0.717, 1.165) is 6.07 Å². The van der Waals surface area contributed by atoms with Gasteiger partial charge in [0.2, 0.25) is 5.91 Å². The molecule has 0 radical (unpaired) electrons. The zero-order valence-corrected chi connectivity index (χ0v) is 7.88. The summed E-state index contributed by atoms with van der Waals surface area (Å²) < 4.78 is 12.6. The van der Waals surface area contributed by atoms with Gasteiger partial charge in [0.25, 0.3) is 0 Å². The number of phenols is 1. The van der Waals surface area contributed by atoms with Crippen molar-refractivity contribution in [1.82, 2.24) is 5.32 Å². The Morgan fingerprint density at radius 1 is 1.57 bits per heavy atom. The van der Waals surface area contributed by atoms with Gasteiger partial charge in [-0.15, -0.1) is 0 Å². The van der Waals surface area contributed by atoms with Crippen LogP contribution in [-0.2, 0) is 11.2 Å². The average molecular weight is 197 g/mol. The minimum atomic E-state index is -0.467. The number of amides is 1. The molecule has 1 amide bonds. The van der Waals surface area contributed by atoms with Crippen molar-refractivity contribution in [2.24, 2.45) is 0 Å². The van der Waals surface area contributed by atoms with Crippen molar-refractivity contribution in [2.45, 2.75) is 13.3 Å². The van der Waals surface area contributed by atoms with Gasteiger partial charge in [0.05, 0.1) is 0 Å². The highest BCUT2D eigenvalue weighted by Gasteiger charge is 2.02. The van der Waals surface area contributed by atoms with E-state index in [9.17, 15) is 14.3 Å². The van der Waals surface area contributed by atoms with Crippen LogP contribution in [0.4, 0.5) is 4.39 Å². The second-order valence-electron chi connectivity index (χ2n) is 3.01. The van der Waals surface area contributed by atoms with Gasteiger partial charge in [-0.25, -0.2) is 4.39 Å². The second-order valence-corrected chi connectivity index (χ2v) is 3.01. The SMILES string of the molecule is CC(=O)NCCc1ccc(F)cc1O. The molecule has 0 aliphatic carbocycles. The van der Waals surface area contributed by atoms with Crippen molar-refractivity contribution in [3.8, 4) is 5.75 Å². The minimum absolute atomic E-state index is 0.0737. The fourth-order valence-electron chi connectivity index (χ4n) is 1.12. The van der Waals surface area contributed by atoms with Crippen LogP contribution in [0.3, 0.4) is 0 Å². The lowest BCUT2D eigenvalue weighted by Crippen LogP contribution is -2.22. The number of hydrogen-bond acceptors (Lipinski definition) is 2. The first-order chi connectivity index (χ1) is 6.59. The Hall–Kier alpha value is -1.58. The molecule has 0 spiro atoms. The van der Waals surface area contributed by atoms with Gasteiger partial charge in [-0.2, -0.15) is 0 Å². The Morgan fingerprint density at radius 3 is 2.86 bits per heavy atom. The Morgan fingerprint density at radius 2 is 2.29 bits per heavy atom. The smallest absolute Gasteiger partial charge is 0.216 e. The number of halogens is 1. The van der Waals surface area contributed by atoms with Crippen LogP contribution >= 0.6 is 0 Å². The van der Waals surface area contributed by atoms with Crippen LogP contribution in [-0.4, -0.2) is 17.6 Å². The fourth-order valence-corrected chi connectivity index (χ4v) is 1.12. The summed E-state index contributed by atoms with van der Waals surface area (Å²) in [6.45, 7) is 1.86. The Balaban J connectivity index is 2.55. The molecule has 0 aromatic heterocycles. The largest absolute Gasteiger partial charge is 0.508 e. The van der Waals surface area contributed by atoms with E-state index in [1.807, 2.05) is 0 Å². The van der Waals surface area contributed by atoms with Gasteiger partial charge in [0.1, 0.15) is 11.6 Å². The van der Waals surface area contributed by atoms with Crippen molar-refractivity contribution in [2.75, 3.05) is 6.54 Å². The third-order valence-electron chi connectivity index (χ3n) is 1.82. The van der Waals surface area contributed by atoms with Gasteiger partial charge >= 0.3 is 0 Å². The number of aromatic hydroxyl groups is 1. The van der Waals surface area contributed by atoms with Crippen LogP contribution in [0, 0.1) is 5.82 Å². The molecule has 0 aliphatic heterocycles. The lowest BCUT2D eigenvalue weighted by atomic mass is 10.1. The number of phenolic OH excluding ortho intramolecular Hbond substituents is 1. The van der Waals surface area contributed by atoms with Gasteiger partial charge in [0.15, 0.2) is 0 Å². The van der Waals surface area contributed by atoms with E-state index in [4.69, 9.17) is 0 Å². The molecule has 0 unspecified atom stereocenters. The first-order valence-corrected chi connectivity index (χ1v) is 4.31. The molecule has 2 N–H and O–H groups in total. The molecule has 76 valence electrons. The normalized spacial score (nSPS) is 9.86. The van der Waals surface area contributed by atoms with E-state index >= 15 is 0 Å². The van der Waals surface area contributed by atoms with Crippen LogP contribution in [0.5, 0.6) is 5.75 Å². The van der Waals surface area contributed by atoms with Crippen LogP contribution in [0.2, 0.25) is 0 Å². The Kier molecular flexibility index (Phi) is 3.45. The predicted octanol–water partition coefficient (Wildman–Crippen LogP) is 1.21. The molecule has 4 heteroatoms. The molecule has 0 atom stereocenters. The first-order valence-electron chi connectivity index (χ1n) is 4.31. The van der Waals surface area contributed by atoms with Gasteiger partial charge < -0.3 is 10.4 Å². The number of carbonyl (C=O) groups excluding carboxylic acids is 1. The zero-order chi connectivity index (χ0) is 10.6. The summed E-state index contributed by atoms with van der Waals surface area (Å²) >= 11 is 0. The molecule has 0 bridgehead atoms. The third-order valence-corrected chi connectivity index (χ3v) is 1.82. The summed E-state index contributed by atoms with van der Waals surface area (Å²) in [5.74, 6) is -0.660. The summed E-state index contributed by atoms with van der Waals surface area (Å²) in [6, 6.07) is 3.85. The summed E-state index contributed by atoms with van der Waals surface area (Å²) in [4.78, 5) is 10.5. The van der Waals surface area contributed by atoms with Gasteiger partial charge in [-0.1, -0.05) is 6.07 Å². The van der Waals surface area contributed by atoms with E-state index in [1.165, 1.54) is 19.1 Å². The summed E-state index contributed by atoms with van der Waals surface area (Å²) in [7, 11) is 0. The van der Waals surface area contributed by atoms with Crippen LogP contribution in [0.15, 0.2) is 18.2 Å². The molecule has 1 aromatic rings. The van der Waals surface area contributed by atoms with Crippen molar-refractivity contribution < 1.29 is 14.3 Å². The number of benzene rings is 1. The molecule has 0 saturated heterocycles. The molecular weight excluding hydrogens is 185 g/mol. The zero-order valence-electron chi connectivity index (χ0n) is 7.88. The molecule has 0 fully saturated rings. The highest BCUT2D eigenvalue weighted by molar-refractivity contribution is 5.72. The third kappa shape index (κ3) is 3.05. The van der Waals surface area contributed by atoms with Gasteiger partial charge in [-0.3, -0.25) is 4.79 Å². The second kappa shape index (κ2) is 4.60. The van der Waals surface area contributed by atoms with E-state index in [1.54, 1.807) is 0 Å². The molecule has 14 heavy (non-hydrogen) atoms. The van der Waals surface area contributed by atoms with Crippen LogP contribution < -0.4 is 5.32 Å². The highest BCUT2D eigenvalue weighted by Crippen LogP contribution is 2.17. The quantitative estimate of drug-likeness (QED) is 0.765. The topological polar surface area (TPSA) is 49.3 Å². The summed E-state index contributed by atoms with van der Waals surface area (Å²) in [6.07, 6.45) is 0.492. The summed E-state index contributed by atoms with van der Waals surface area (Å²) in [5.41, 5.74) is 0.625. The van der Waals surface area contributed by atoms with E-state index in [-0.39, 0.29) is 11.7 Å². The molecule has 0 saturated carbocycles. The summed E-state index contributed by atoms with van der Waals surface area (Å²) in [5, 5.41) is 11.9. The van der Waals surface area contributed by atoms with E-state index in [2.05, 4.69) is 5.32 Å². The fraction of sp³-hybridized carbons (Fsp3) is 0.300. The molecule has 0 heterocycles. The van der Waals surface area contributed by atoms with Crippen molar-refractivity contribution in [1.29, 1.82) is 0 Å². The van der Waals surface area contributed by atoms with Crippen LogP contribution in [0.25, 0.3) is 0 Å². The standard InChI is InChI=1S/C10H12FNO2/c1-7(13)12-5-4-8-2-3-9(11)6-10(8)14/h2-3,6,14H,4-5H2,1H3,(H,12,13).